The van der Waals surface area contributed by atoms with E-state index in [0.29, 0.717) is 5.41 Å². The summed E-state index contributed by atoms with van der Waals surface area (Å²) in [6.45, 7) is 8.55. The molecule has 0 aromatic rings. The number of hydrogen-bond acceptors (Lipinski definition) is 1. The van der Waals surface area contributed by atoms with Crippen molar-refractivity contribution >= 4 is 0 Å². The second kappa shape index (κ2) is 7.82. The Hall–Kier alpha value is -0.0400. The van der Waals surface area contributed by atoms with Crippen molar-refractivity contribution in [3.63, 3.8) is 0 Å². The highest BCUT2D eigenvalue weighted by Gasteiger charge is 2.53. The number of piperidine rings is 1. The molecule has 0 bridgehead atoms. The van der Waals surface area contributed by atoms with E-state index in [9.17, 15) is 0 Å². The normalized spacial score (nSPS) is 31.1. The van der Waals surface area contributed by atoms with Crippen molar-refractivity contribution < 1.29 is 0 Å². The average Bonchev–Trinajstić information content (AvgIpc) is 3.09. The van der Waals surface area contributed by atoms with E-state index >= 15 is 0 Å². The van der Waals surface area contributed by atoms with E-state index in [2.05, 4.69) is 26.1 Å². The minimum absolute atomic E-state index is 0.581. The largest absolute Gasteiger partial charge is 0.313 e. The summed E-state index contributed by atoms with van der Waals surface area (Å²) in [5.74, 6) is 2.09. The maximum atomic E-state index is 3.88. The molecule has 1 aliphatic heterocycles. The molecule has 2 fully saturated rings. The van der Waals surface area contributed by atoms with E-state index in [1.165, 1.54) is 77.2 Å². The zero-order valence-corrected chi connectivity index (χ0v) is 14.2. The fourth-order valence-corrected chi connectivity index (χ4v) is 4.45. The Labute approximate surface area is 127 Å². The highest BCUT2D eigenvalue weighted by atomic mass is 15.0. The molecule has 1 nitrogen and oxygen atoms in total. The van der Waals surface area contributed by atoms with Crippen LogP contribution < -0.4 is 5.32 Å². The standard InChI is InChI=1S/C19H37N/c1-4-6-8-9-11-13-19(3,12-10-7-5-2)18-17-14-16(17)15-20-18/h16-18,20H,4-15H2,1-3H3. The van der Waals surface area contributed by atoms with Crippen molar-refractivity contribution in [3.05, 3.63) is 0 Å². The van der Waals surface area contributed by atoms with E-state index in [-0.39, 0.29) is 0 Å². The number of unbranched alkanes of at least 4 members (excludes halogenated alkanes) is 6. The molecule has 0 aromatic heterocycles. The third-order valence-electron chi connectivity index (χ3n) is 5.96. The van der Waals surface area contributed by atoms with Gasteiger partial charge in [-0.3, -0.25) is 0 Å². The lowest BCUT2D eigenvalue weighted by Gasteiger charge is -2.37. The summed E-state index contributed by atoms with van der Waals surface area (Å²) < 4.78 is 0. The van der Waals surface area contributed by atoms with Crippen LogP contribution in [-0.2, 0) is 0 Å². The molecule has 1 heteroatoms. The molecule has 20 heavy (non-hydrogen) atoms. The predicted molar refractivity (Wildman–Crippen MR) is 89.0 cm³/mol. The van der Waals surface area contributed by atoms with Crippen LogP contribution in [-0.4, -0.2) is 12.6 Å². The van der Waals surface area contributed by atoms with Gasteiger partial charge >= 0.3 is 0 Å². The number of rotatable bonds is 11. The van der Waals surface area contributed by atoms with Crippen LogP contribution in [0.5, 0.6) is 0 Å². The Morgan fingerprint density at radius 3 is 2.05 bits per heavy atom. The van der Waals surface area contributed by atoms with Crippen molar-refractivity contribution in [1.82, 2.24) is 5.32 Å². The van der Waals surface area contributed by atoms with Crippen molar-refractivity contribution in [2.75, 3.05) is 6.54 Å². The van der Waals surface area contributed by atoms with Gasteiger partial charge in [0.15, 0.2) is 0 Å². The summed E-state index contributed by atoms with van der Waals surface area (Å²) in [6.07, 6.45) is 15.8. The van der Waals surface area contributed by atoms with Gasteiger partial charge in [-0.15, -0.1) is 0 Å². The number of hydrogen-bond donors (Lipinski definition) is 1. The monoisotopic (exact) mass is 279 g/mol. The van der Waals surface area contributed by atoms with Crippen molar-refractivity contribution in [1.29, 1.82) is 0 Å². The Morgan fingerprint density at radius 1 is 0.900 bits per heavy atom. The molecule has 1 heterocycles. The molecule has 4 unspecified atom stereocenters. The quantitative estimate of drug-likeness (QED) is 0.489. The van der Waals surface area contributed by atoms with Gasteiger partial charge < -0.3 is 5.32 Å². The minimum Gasteiger partial charge on any atom is -0.313 e. The molecule has 1 saturated carbocycles. The highest BCUT2D eigenvalue weighted by Crippen LogP contribution is 2.53. The first-order chi connectivity index (χ1) is 9.71. The van der Waals surface area contributed by atoms with Crippen LogP contribution in [0, 0.1) is 17.3 Å². The lowest BCUT2D eigenvalue weighted by Crippen LogP contribution is -2.42. The zero-order valence-electron chi connectivity index (χ0n) is 14.2. The van der Waals surface area contributed by atoms with E-state index < -0.39 is 0 Å². The Bertz CT molecular complexity index is 275. The fraction of sp³-hybridized carbons (Fsp3) is 1.00. The topological polar surface area (TPSA) is 12.0 Å². The molecular formula is C19H37N. The van der Waals surface area contributed by atoms with Crippen LogP contribution in [0.3, 0.4) is 0 Å². The molecule has 2 aliphatic rings. The third kappa shape index (κ3) is 4.23. The molecule has 1 saturated heterocycles. The second-order valence-corrected chi connectivity index (χ2v) is 7.82. The number of nitrogens with one attached hydrogen (secondary N) is 1. The second-order valence-electron chi connectivity index (χ2n) is 7.82. The Morgan fingerprint density at radius 2 is 1.50 bits per heavy atom. The molecule has 118 valence electrons. The molecule has 1 aliphatic carbocycles. The molecule has 0 aromatic carbocycles. The van der Waals surface area contributed by atoms with E-state index in [4.69, 9.17) is 0 Å². The van der Waals surface area contributed by atoms with Crippen LogP contribution in [0.2, 0.25) is 0 Å². The van der Waals surface area contributed by atoms with E-state index in [1.54, 1.807) is 0 Å². The van der Waals surface area contributed by atoms with Gasteiger partial charge in [0.25, 0.3) is 0 Å². The molecule has 2 rings (SSSR count). The Balaban J connectivity index is 1.79. The van der Waals surface area contributed by atoms with Gasteiger partial charge in [-0.25, -0.2) is 0 Å². The molecule has 0 amide bonds. The van der Waals surface area contributed by atoms with Crippen LogP contribution in [0.4, 0.5) is 0 Å². The Kier molecular flexibility index (Phi) is 6.39. The summed E-state index contributed by atoms with van der Waals surface area (Å²) in [5.41, 5.74) is 0.581. The van der Waals surface area contributed by atoms with Crippen LogP contribution in [0.1, 0.15) is 91.4 Å². The first-order valence-corrected chi connectivity index (χ1v) is 9.44. The summed E-state index contributed by atoms with van der Waals surface area (Å²) >= 11 is 0. The lowest BCUT2D eigenvalue weighted by molar-refractivity contribution is 0.167. The van der Waals surface area contributed by atoms with Gasteiger partial charge in [0.05, 0.1) is 0 Å². The van der Waals surface area contributed by atoms with Crippen LogP contribution in [0.25, 0.3) is 0 Å². The van der Waals surface area contributed by atoms with Crippen molar-refractivity contribution in [2.24, 2.45) is 17.3 Å². The molecule has 4 atom stereocenters. The first kappa shape index (κ1) is 16.3. The van der Waals surface area contributed by atoms with Gasteiger partial charge in [0.2, 0.25) is 0 Å². The smallest absolute Gasteiger partial charge is 0.0152 e. The van der Waals surface area contributed by atoms with Gasteiger partial charge in [-0.05, 0) is 43.1 Å². The summed E-state index contributed by atoms with van der Waals surface area (Å²) in [6, 6.07) is 0.843. The molecular weight excluding hydrogens is 242 g/mol. The number of fused-ring (bicyclic) bond motifs is 1. The molecule has 0 spiro atoms. The fourth-order valence-electron chi connectivity index (χ4n) is 4.45. The van der Waals surface area contributed by atoms with Crippen molar-refractivity contribution in [3.8, 4) is 0 Å². The minimum atomic E-state index is 0.581. The van der Waals surface area contributed by atoms with Crippen LogP contribution >= 0.6 is 0 Å². The summed E-state index contributed by atoms with van der Waals surface area (Å²) in [7, 11) is 0. The first-order valence-electron chi connectivity index (χ1n) is 9.44. The SMILES string of the molecule is CCCCCCCC(C)(CCCCC)C1NCC2CC21. The van der Waals surface area contributed by atoms with Crippen LogP contribution in [0.15, 0.2) is 0 Å². The van der Waals surface area contributed by atoms with Gasteiger partial charge in [-0.1, -0.05) is 72.1 Å². The van der Waals surface area contributed by atoms with E-state index in [0.717, 1.165) is 17.9 Å². The maximum absolute atomic E-state index is 3.88. The molecule has 0 radical (unpaired) electrons. The van der Waals surface area contributed by atoms with E-state index in [1.807, 2.05) is 0 Å². The van der Waals surface area contributed by atoms with Gasteiger partial charge in [-0.2, -0.15) is 0 Å². The summed E-state index contributed by atoms with van der Waals surface area (Å²) in [5, 5.41) is 3.88. The molecule has 1 N–H and O–H groups in total. The predicted octanol–water partition coefficient (Wildman–Crippen LogP) is 5.54. The third-order valence-corrected chi connectivity index (χ3v) is 5.96. The summed E-state index contributed by atoms with van der Waals surface area (Å²) in [4.78, 5) is 0. The maximum Gasteiger partial charge on any atom is 0.0152 e. The highest BCUT2D eigenvalue weighted by molar-refractivity contribution is 5.08. The zero-order chi connectivity index (χ0) is 14.4. The van der Waals surface area contributed by atoms with Gasteiger partial charge in [0.1, 0.15) is 0 Å². The average molecular weight is 280 g/mol. The van der Waals surface area contributed by atoms with Crippen molar-refractivity contribution in [2.45, 2.75) is 97.4 Å². The lowest BCUT2D eigenvalue weighted by atomic mass is 9.72. The van der Waals surface area contributed by atoms with Gasteiger partial charge in [0, 0.05) is 6.04 Å².